The Hall–Kier alpha value is -1.75. The van der Waals surface area contributed by atoms with Crippen molar-refractivity contribution >= 4 is 29.2 Å². The summed E-state index contributed by atoms with van der Waals surface area (Å²) in [5.74, 6) is -1.92. The van der Waals surface area contributed by atoms with Crippen LogP contribution in [0.25, 0.3) is 0 Å². The monoisotopic (exact) mass is 271 g/mol. The molecule has 0 saturated heterocycles. The maximum Gasteiger partial charge on any atom is 0.352 e. The number of ether oxygens (including phenoxy) is 1. The summed E-state index contributed by atoms with van der Waals surface area (Å²) in [6.07, 6.45) is 0.0863. The second-order valence-corrected chi connectivity index (χ2v) is 4.22. The Labute approximate surface area is 109 Å². The number of nitrogen functional groups attached to an aromatic ring is 1. The standard InChI is InChI=1S/C12H14ClNO4/c1-3-12(11(16)17,18-7(2)15)8-4-5-9(13)10(14)6-8/h4-6H,3,14H2,1-2H3,(H,16,17). The number of halogens is 1. The van der Waals surface area contributed by atoms with Crippen molar-refractivity contribution in [3.05, 3.63) is 28.8 Å². The van der Waals surface area contributed by atoms with Crippen molar-refractivity contribution in [2.24, 2.45) is 0 Å². The molecule has 98 valence electrons. The van der Waals surface area contributed by atoms with Crippen molar-refractivity contribution < 1.29 is 19.4 Å². The van der Waals surface area contributed by atoms with Crippen LogP contribution in [0.3, 0.4) is 0 Å². The van der Waals surface area contributed by atoms with Crippen molar-refractivity contribution in [3.8, 4) is 0 Å². The number of hydrogen-bond donors (Lipinski definition) is 2. The van der Waals surface area contributed by atoms with Crippen LogP contribution >= 0.6 is 11.6 Å². The molecule has 0 aliphatic rings. The zero-order valence-corrected chi connectivity index (χ0v) is 10.8. The van der Waals surface area contributed by atoms with Gasteiger partial charge in [-0.2, -0.15) is 0 Å². The number of nitrogens with two attached hydrogens (primary N) is 1. The van der Waals surface area contributed by atoms with E-state index in [1.54, 1.807) is 6.92 Å². The van der Waals surface area contributed by atoms with E-state index in [1.807, 2.05) is 0 Å². The van der Waals surface area contributed by atoms with Crippen LogP contribution in [0.4, 0.5) is 5.69 Å². The molecule has 1 aromatic rings. The zero-order chi connectivity index (χ0) is 13.9. The molecule has 6 heteroatoms. The number of esters is 1. The Morgan fingerprint density at radius 1 is 1.50 bits per heavy atom. The fraction of sp³-hybridized carbons (Fsp3) is 0.333. The van der Waals surface area contributed by atoms with Crippen LogP contribution in [0.5, 0.6) is 0 Å². The summed E-state index contributed by atoms with van der Waals surface area (Å²) in [4.78, 5) is 22.5. The molecule has 0 heterocycles. The molecule has 0 saturated carbocycles. The highest BCUT2D eigenvalue weighted by molar-refractivity contribution is 6.33. The molecule has 0 aliphatic heterocycles. The number of carboxylic acid groups (broad SMARTS) is 1. The van der Waals surface area contributed by atoms with E-state index in [2.05, 4.69) is 0 Å². The van der Waals surface area contributed by atoms with E-state index in [-0.39, 0.29) is 17.7 Å². The van der Waals surface area contributed by atoms with Gasteiger partial charge in [0, 0.05) is 12.5 Å². The van der Waals surface area contributed by atoms with Gasteiger partial charge in [0.05, 0.1) is 10.7 Å². The minimum Gasteiger partial charge on any atom is -0.478 e. The Balaban J connectivity index is 3.37. The summed E-state index contributed by atoms with van der Waals surface area (Å²) in [6, 6.07) is 4.37. The molecule has 0 aliphatic carbocycles. The van der Waals surface area contributed by atoms with Crippen molar-refractivity contribution in [1.82, 2.24) is 0 Å². The number of carbonyl (C=O) groups excluding carboxylic acids is 1. The lowest BCUT2D eigenvalue weighted by atomic mass is 9.90. The molecule has 0 radical (unpaired) electrons. The molecule has 0 bridgehead atoms. The van der Waals surface area contributed by atoms with Crippen LogP contribution in [0, 0.1) is 0 Å². The summed E-state index contributed by atoms with van der Waals surface area (Å²) >= 11 is 5.78. The SMILES string of the molecule is CCC(OC(C)=O)(C(=O)O)c1ccc(Cl)c(N)c1. The fourth-order valence-corrected chi connectivity index (χ4v) is 1.81. The second-order valence-electron chi connectivity index (χ2n) is 3.82. The molecule has 0 amide bonds. The minimum absolute atomic E-state index is 0.0863. The third-order valence-corrected chi connectivity index (χ3v) is 2.97. The van der Waals surface area contributed by atoms with Crippen molar-refractivity contribution in [2.45, 2.75) is 25.9 Å². The predicted octanol–water partition coefficient (Wildman–Crippen LogP) is 2.18. The molecule has 0 fully saturated rings. The number of carboxylic acids is 1. The topological polar surface area (TPSA) is 89.6 Å². The first-order valence-electron chi connectivity index (χ1n) is 5.32. The highest BCUT2D eigenvalue weighted by Gasteiger charge is 2.42. The molecular weight excluding hydrogens is 258 g/mol. The van der Waals surface area contributed by atoms with Crippen LogP contribution in [0.15, 0.2) is 18.2 Å². The smallest absolute Gasteiger partial charge is 0.352 e. The zero-order valence-electron chi connectivity index (χ0n) is 10.1. The third kappa shape index (κ3) is 2.56. The Morgan fingerprint density at radius 3 is 2.50 bits per heavy atom. The van der Waals surface area contributed by atoms with Crippen molar-refractivity contribution in [3.63, 3.8) is 0 Å². The van der Waals surface area contributed by atoms with Crippen LogP contribution in [-0.4, -0.2) is 17.0 Å². The second kappa shape index (κ2) is 5.27. The van der Waals surface area contributed by atoms with Gasteiger partial charge in [-0.05, 0) is 18.6 Å². The van der Waals surface area contributed by atoms with Gasteiger partial charge in [-0.1, -0.05) is 24.6 Å². The van der Waals surface area contributed by atoms with Crippen LogP contribution < -0.4 is 5.73 Å². The number of aliphatic carboxylic acids is 1. The number of hydrogen-bond acceptors (Lipinski definition) is 4. The maximum atomic E-state index is 11.4. The lowest BCUT2D eigenvalue weighted by molar-refractivity contribution is -0.179. The van der Waals surface area contributed by atoms with Crippen molar-refractivity contribution in [2.75, 3.05) is 5.73 Å². The highest BCUT2D eigenvalue weighted by atomic mass is 35.5. The Morgan fingerprint density at radius 2 is 2.11 bits per heavy atom. The first-order chi connectivity index (χ1) is 8.33. The van der Waals surface area contributed by atoms with Gasteiger partial charge in [-0.25, -0.2) is 4.79 Å². The lowest BCUT2D eigenvalue weighted by Crippen LogP contribution is -2.39. The van der Waals surface area contributed by atoms with Gasteiger partial charge in [0.1, 0.15) is 0 Å². The van der Waals surface area contributed by atoms with Crippen LogP contribution in [0.2, 0.25) is 5.02 Å². The van der Waals surface area contributed by atoms with E-state index in [1.165, 1.54) is 18.2 Å². The van der Waals surface area contributed by atoms with E-state index < -0.39 is 17.5 Å². The molecule has 1 rings (SSSR count). The Kier molecular flexibility index (Phi) is 4.19. The largest absolute Gasteiger partial charge is 0.478 e. The molecule has 1 unspecified atom stereocenters. The Bertz CT molecular complexity index is 489. The van der Waals surface area contributed by atoms with Gasteiger partial charge >= 0.3 is 11.9 Å². The summed E-state index contributed by atoms with van der Waals surface area (Å²) in [5, 5.41) is 9.65. The van der Waals surface area contributed by atoms with E-state index in [9.17, 15) is 14.7 Å². The predicted molar refractivity (Wildman–Crippen MR) is 67.2 cm³/mol. The molecular formula is C12H14ClNO4. The van der Waals surface area contributed by atoms with E-state index in [4.69, 9.17) is 22.1 Å². The van der Waals surface area contributed by atoms with E-state index in [0.29, 0.717) is 5.02 Å². The van der Waals surface area contributed by atoms with Gasteiger partial charge in [0.2, 0.25) is 5.60 Å². The van der Waals surface area contributed by atoms with E-state index >= 15 is 0 Å². The summed E-state index contributed by atoms with van der Waals surface area (Å²) < 4.78 is 4.99. The van der Waals surface area contributed by atoms with Gasteiger partial charge < -0.3 is 15.6 Å². The molecule has 0 spiro atoms. The molecule has 5 nitrogen and oxygen atoms in total. The quantitative estimate of drug-likeness (QED) is 0.647. The van der Waals surface area contributed by atoms with Crippen LogP contribution in [-0.2, 0) is 19.9 Å². The third-order valence-electron chi connectivity index (χ3n) is 2.62. The number of rotatable bonds is 4. The van der Waals surface area contributed by atoms with Gasteiger partial charge in [0.15, 0.2) is 0 Å². The summed E-state index contributed by atoms with van der Waals surface area (Å²) in [5.41, 5.74) is 4.43. The molecule has 3 N–H and O–H groups in total. The first-order valence-corrected chi connectivity index (χ1v) is 5.69. The van der Waals surface area contributed by atoms with Gasteiger partial charge in [-0.3, -0.25) is 4.79 Å². The minimum atomic E-state index is -1.73. The maximum absolute atomic E-state index is 11.4. The molecule has 1 atom stereocenters. The summed E-state index contributed by atoms with van der Waals surface area (Å²) in [7, 11) is 0. The highest BCUT2D eigenvalue weighted by Crippen LogP contribution is 2.33. The molecule has 1 aromatic carbocycles. The van der Waals surface area contributed by atoms with Gasteiger partial charge in [-0.15, -0.1) is 0 Å². The summed E-state index contributed by atoms with van der Waals surface area (Å²) in [6.45, 7) is 2.77. The van der Waals surface area contributed by atoms with Crippen LogP contribution in [0.1, 0.15) is 25.8 Å². The average molecular weight is 272 g/mol. The fourth-order valence-electron chi connectivity index (χ4n) is 1.69. The number of benzene rings is 1. The van der Waals surface area contributed by atoms with E-state index in [0.717, 1.165) is 6.92 Å². The van der Waals surface area contributed by atoms with Crippen molar-refractivity contribution in [1.29, 1.82) is 0 Å². The average Bonchev–Trinajstić information content (AvgIpc) is 2.29. The molecule has 0 aromatic heterocycles. The lowest BCUT2D eigenvalue weighted by Gasteiger charge is -2.28. The number of anilines is 1. The molecule has 18 heavy (non-hydrogen) atoms. The number of carbonyl (C=O) groups is 2. The van der Waals surface area contributed by atoms with Gasteiger partial charge in [0.25, 0.3) is 0 Å². The first kappa shape index (κ1) is 14.3. The normalized spacial score (nSPS) is 13.7.